The third-order valence-corrected chi connectivity index (χ3v) is 5.23. The van der Waals surface area contributed by atoms with Gasteiger partial charge in [-0.1, -0.05) is 42.8 Å². The van der Waals surface area contributed by atoms with E-state index in [2.05, 4.69) is 27.9 Å². The number of ether oxygens (including phenoxy) is 1. The molecule has 1 heterocycles. The predicted octanol–water partition coefficient (Wildman–Crippen LogP) is 4.83. The number of benzene rings is 2. The molecule has 7 heteroatoms. The van der Waals surface area contributed by atoms with Crippen LogP contribution in [-0.4, -0.2) is 23.4 Å². The number of rotatable bonds is 6. The maximum atomic E-state index is 12.3. The second kappa shape index (κ2) is 8.75. The van der Waals surface area contributed by atoms with Gasteiger partial charge in [0.25, 0.3) is 5.91 Å². The van der Waals surface area contributed by atoms with Crippen molar-refractivity contribution in [2.45, 2.75) is 20.0 Å². The SMILES string of the molecule is CCCN1C(=O)N/C(=C/c2ccc(OCc3ccccc3Cl)c(I)c2)C1=O. The summed E-state index contributed by atoms with van der Waals surface area (Å²) < 4.78 is 6.76. The van der Waals surface area contributed by atoms with E-state index in [1.54, 1.807) is 6.08 Å². The molecule has 0 aliphatic carbocycles. The topological polar surface area (TPSA) is 58.6 Å². The molecule has 1 fully saturated rings. The van der Waals surface area contributed by atoms with Crippen LogP contribution in [0.1, 0.15) is 24.5 Å². The van der Waals surface area contributed by atoms with Gasteiger partial charge < -0.3 is 10.1 Å². The standard InChI is InChI=1S/C20H18ClIN2O3/c1-2-9-24-19(25)17(23-20(24)26)11-13-7-8-18(16(22)10-13)27-12-14-5-3-4-6-15(14)21/h3-8,10-11H,2,9,12H2,1H3,(H,23,26)/b17-11+. The van der Waals surface area contributed by atoms with Crippen LogP contribution >= 0.6 is 34.2 Å². The van der Waals surface area contributed by atoms with E-state index in [-0.39, 0.29) is 17.6 Å². The first-order chi connectivity index (χ1) is 13.0. The average Bonchev–Trinajstić information content (AvgIpc) is 2.90. The molecule has 140 valence electrons. The molecule has 0 aromatic heterocycles. The van der Waals surface area contributed by atoms with Crippen molar-refractivity contribution in [1.82, 2.24) is 10.2 Å². The van der Waals surface area contributed by atoms with E-state index in [1.165, 1.54) is 4.90 Å². The summed E-state index contributed by atoms with van der Waals surface area (Å²) in [6.07, 6.45) is 2.40. The van der Waals surface area contributed by atoms with Crippen molar-refractivity contribution >= 4 is 52.2 Å². The number of hydrogen-bond acceptors (Lipinski definition) is 3. The second-order valence-electron chi connectivity index (χ2n) is 6.01. The number of urea groups is 1. The maximum Gasteiger partial charge on any atom is 0.329 e. The van der Waals surface area contributed by atoms with Gasteiger partial charge in [-0.25, -0.2) is 4.79 Å². The lowest BCUT2D eigenvalue weighted by atomic mass is 10.2. The molecule has 3 rings (SSSR count). The summed E-state index contributed by atoms with van der Waals surface area (Å²) >= 11 is 8.33. The number of hydrogen-bond donors (Lipinski definition) is 1. The Morgan fingerprint density at radius 2 is 2.00 bits per heavy atom. The second-order valence-corrected chi connectivity index (χ2v) is 7.58. The van der Waals surface area contributed by atoms with Crippen LogP contribution in [0.4, 0.5) is 4.79 Å². The minimum atomic E-state index is -0.373. The molecule has 0 unspecified atom stereocenters. The monoisotopic (exact) mass is 496 g/mol. The summed E-state index contributed by atoms with van der Waals surface area (Å²) in [6.45, 7) is 2.71. The van der Waals surface area contributed by atoms with Gasteiger partial charge in [0, 0.05) is 17.1 Å². The Balaban J connectivity index is 1.72. The van der Waals surface area contributed by atoms with E-state index in [0.29, 0.717) is 18.2 Å². The van der Waals surface area contributed by atoms with Gasteiger partial charge in [0.15, 0.2) is 0 Å². The smallest absolute Gasteiger partial charge is 0.329 e. The minimum Gasteiger partial charge on any atom is -0.488 e. The first-order valence-electron chi connectivity index (χ1n) is 8.50. The fourth-order valence-corrected chi connectivity index (χ4v) is 3.55. The first-order valence-corrected chi connectivity index (χ1v) is 9.95. The summed E-state index contributed by atoms with van der Waals surface area (Å²) in [4.78, 5) is 25.4. The van der Waals surface area contributed by atoms with Gasteiger partial charge in [0.1, 0.15) is 18.1 Å². The zero-order valence-electron chi connectivity index (χ0n) is 14.7. The highest BCUT2D eigenvalue weighted by molar-refractivity contribution is 14.1. The van der Waals surface area contributed by atoms with Crippen LogP contribution in [0.2, 0.25) is 5.02 Å². The number of amides is 3. The van der Waals surface area contributed by atoms with E-state index < -0.39 is 0 Å². The zero-order valence-corrected chi connectivity index (χ0v) is 17.6. The summed E-state index contributed by atoms with van der Waals surface area (Å²) in [5.41, 5.74) is 2.01. The number of nitrogens with one attached hydrogen (secondary N) is 1. The van der Waals surface area contributed by atoms with Crippen LogP contribution in [0.15, 0.2) is 48.2 Å². The molecular formula is C20H18ClIN2O3. The lowest BCUT2D eigenvalue weighted by Gasteiger charge is -2.10. The molecule has 0 spiro atoms. The number of carbonyl (C=O) groups is 2. The third kappa shape index (κ3) is 4.62. The van der Waals surface area contributed by atoms with Crippen molar-refractivity contribution in [3.8, 4) is 5.75 Å². The van der Waals surface area contributed by atoms with Crippen molar-refractivity contribution < 1.29 is 14.3 Å². The highest BCUT2D eigenvalue weighted by atomic mass is 127. The summed E-state index contributed by atoms with van der Waals surface area (Å²) in [5.74, 6) is 0.433. The Morgan fingerprint density at radius 3 is 2.70 bits per heavy atom. The molecular weight excluding hydrogens is 479 g/mol. The summed E-state index contributed by atoms with van der Waals surface area (Å²) in [5, 5.41) is 3.29. The van der Waals surface area contributed by atoms with Gasteiger partial charge in [-0.05, 0) is 58.9 Å². The van der Waals surface area contributed by atoms with Gasteiger partial charge in [0.2, 0.25) is 0 Å². The Labute approximate surface area is 176 Å². The Hall–Kier alpha value is -2.06. The van der Waals surface area contributed by atoms with Gasteiger partial charge in [-0.3, -0.25) is 9.69 Å². The van der Waals surface area contributed by atoms with Crippen molar-refractivity contribution in [2.75, 3.05) is 6.54 Å². The van der Waals surface area contributed by atoms with Crippen molar-refractivity contribution in [3.63, 3.8) is 0 Å². The van der Waals surface area contributed by atoms with E-state index >= 15 is 0 Å². The van der Waals surface area contributed by atoms with Crippen molar-refractivity contribution in [1.29, 1.82) is 0 Å². The molecule has 1 N–H and O–H groups in total. The predicted molar refractivity (Wildman–Crippen MR) is 113 cm³/mol. The first kappa shape index (κ1) is 19.7. The molecule has 1 aliphatic heterocycles. The molecule has 0 saturated carbocycles. The van der Waals surface area contributed by atoms with Crippen molar-refractivity contribution in [3.05, 3.63) is 67.9 Å². The lowest BCUT2D eigenvalue weighted by molar-refractivity contribution is -0.122. The number of imide groups is 1. The minimum absolute atomic E-state index is 0.286. The fourth-order valence-electron chi connectivity index (χ4n) is 2.66. The van der Waals surface area contributed by atoms with Gasteiger partial charge in [0.05, 0.1) is 3.57 Å². The fraction of sp³-hybridized carbons (Fsp3) is 0.200. The molecule has 2 aromatic rings. The summed E-state index contributed by atoms with van der Waals surface area (Å²) in [6, 6.07) is 12.8. The molecule has 1 saturated heterocycles. The Kier molecular flexibility index (Phi) is 6.38. The Morgan fingerprint density at radius 1 is 1.22 bits per heavy atom. The maximum absolute atomic E-state index is 12.3. The molecule has 0 bridgehead atoms. The molecule has 3 amide bonds. The Bertz CT molecular complexity index is 914. The number of nitrogens with zero attached hydrogens (tertiary/aromatic N) is 1. The van der Waals surface area contributed by atoms with Crippen LogP contribution < -0.4 is 10.1 Å². The highest BCUT2D eigenvalue weighted by Gasteiger charge is 2.32. The molecule has 2 aromatic carbocycles. The largest absolute Gasteiger partial charge is 0.488 e. The van der Waals surface area contributed by atoms with Crippen LogP contribution in [0.5, 0.6) is 5.75 Å². The number of carbonyl (C=O) groups excluding carboxylic acids is 2. The van der Waals surface area contributed by atoms with Crippen molar-refractivity contribution in [2.24, 2.45) is 0 Å². The molecule has 0 atom stereocenters. The van der Waals surface area contributed by atoms with Crippen LogP contribution in [0.3, 0.4) is 0 Å². The van der Waals surface area contributed by atoms with Gasteiger partial charge in [-0.15, -0.1) is 0 Å². The number of halogens is 2. The van der Waals surface area contributed by atoms with Gasteiger partial charge >= 0.3 is 6.03 Å². The highest BCUT2D eigenvalue weighted by Crippen LogP contribution is 2.26. The van der Waals surface area contributed by atoms with Crippen LogP contribution in [0.25, 0.3) is 6.08 Å². The average molecular weight is 497 g/mol. The third-order valence-electron chi connectivity index (χ3n) is 4.02. The normalized spacial score (nSPS) is 15.4. The molecule has 27 heavy (non-hydrogen) atoms. The summed E-state index contributed by atoms with van der Waals surface area (Å²) in [7, 11) is 0. The molecule has 5 nitrogen and oxygen atoms in total. The van der Waals surface area contributed by atoms with E-state index in [9.17, 15) is 9.59 Å². The van der Waals surface area contributed by atoms with Crippen LogP contribution in [-0.2, 0) is 11.4 Å². The van der Waals surface area contributed by atoms with Crippen LogP contribution in [0, 0.1) is 3.57 Å². The van der Waals surface area contributed by atoms with E-state index in [4.69, 9.17) is 16.3 Å². The lowest BCUT2D eigenvalue weighted by Crippen LogP contribution is -2.31. The molecule has 1 aliphatic rings. The van der Waals surface area contributed by atoms with E-state index in [0.717, 1.165) is 26.9 Å². The van der Waals surface area contributed by atoms with Gasteiger partial charge in [-0.2, -0.15) is 0 Å². The molecule has 0 radical (unpaired) electrons. The van der Waals surface area contributed by atoms with E-state index in [1.807, 2.05) is 49.4 Å². The quantitative estimate of drug-likeness (QED) is 0.354. The zero-order chi connectivity index (χ0) is 19.4.